The summed E-state index contributed by atoms with van der Waals surface area (Å²) in [6.45, 7) is 10.4. The molecule has 30 heavy (non-hydrogen) atoms. The lowest BCUT2D eigenvalue weighted by molar-refractivity contribution is -0.293. The molecule has 1 aromatic heterocycles. The van der Waals surface area contributed by atoms with Gasteiger partial charge in [-0.3, -0.25) is 4.79 Å². The van der Waals surface area contributed by atoms with Crippen molar-refractivity contribution in [3.63, 3.8) is 0 Å². The lowest BCUT2D eigenvalue weighted by Gasteiger charge is -2.53. The first-order valence-electron chi connectivity index (χ1n) is 11.2. The molecule has 5 rings (SSSR count). The van der Waals surface area contributed by atoms with Crippen LogP contribution in [0.25, 0.3) is 11.0 Å². The Labute approximate surface area is 176 Å². The molecule has 0 spiro atoms. The number of ether oxygens (including phenoxy) is 2. The zero-order valence-electron chi connectivity index (χ0n) is 18.4. The van der Waals surface area contributed by atoms with E-state index < -0.39 is 17.5 Å². The second-order valence-corrected chi connectivity index (χ2v) is 9.99. The summed E-state index contributed by atoms with van der Waals surface area (Å²) >= 11 is 0. The van der Waals surface area contributed by atoms with Crippen molar-refractivity contribution in [2.75, 3.05) is 0 Å². The third kappa shape index (κ3) is 2.57. The minimum atomic E-state index is -1.34. The maximum Gasteiger partial charge on any atom is 0.345 e. The van der Waals surface area contributed by atoms with E-state index in [1.165, 1.54) is 0 Å². The molecule has 0 N–H and O–H groups in total. The molecule has 1 aromatic carbocycles. The number of hydrogen-bond donors (Lipinski definition) is 0. The van der Waals surface area contributed by atoms with E-state index in [1.807, 2.05) is 32.9 Å². The van der Waals surface area contributed by atoms with E-state index in [-0.39, 0.29) is 29.5 Å². The van der Waals surface area contributed by atoms with Crippen LogP contribution < -0.4 is 10.4 Å². The number of benzene rings is 1. The number of fused-ring (bicyclic) bond motifs is 8. The van der Waals surface area contributed by atoms with Gasteiger partial charge in [0.15, 0.2) is 0 Å². The Bertz CT molecular complexity index is 1080. The van der Waals surface area contributed by atoms with Crippen LogP contribution in [0.4, 0.5) is 0 Å². The Kier molecular flexibility index (Phi) is 4.41. The third-order valence-corrected chi connectivity index (χ3v) is 7.65. The van der Waals surface area contributed by atoms with Crippen molar-refractivity contribution in [1.82, 2.24) is 0 Å². The van der Waals surface area contributed by atoms with Crippen LogP contribution in [0.15, 0.2) is 27.4 Å². The van der Waals surface area contributed by atoms with Crippen molar-refractivity contribution < 1.29 is 18.7 Å². The number of aryl methyl sites for hydroxylation is 1. The summed E-state index contributed by atoms with van der Waals surface area (Å²) in [5.74, 6) is 0.155. The number of carbonyl (C=O) groups is 1. The molecule has 2 aromatic rings. The van der Waals surface area contributed by atoms with Gasteiger partial charge in [-0.1, -0.05) is 46.2 Å². The zero-order valence-corrected chi connectivity index (χ0v) is 18.4. The van der Waals surface area contributed by atoms with Gasteiger partial charge in [0.1, 0.15) is 23.0 Å². The molecule has 3 heterocycles. The van der Waals surface area contributed by atoms with Crippen LogP contribution in [0.3, 0.4) is 0 Å². The average molecular weight is 411 g/mol. The van der Waals surface area contributed by atoms with Gasteiger partial charge in [-0.25, -0.2) is 4.79 Å². The molecule has 2 bridgehead atoms. The molecule has 3 aliphatic rings. The van der Waals surface area contributed by atoms with Crippen molar-refractivity contribution in [3.05, 3.63) is 39.7 Å². The second kappa shape index (κ2) is 6.68. The highest BCUT2D eigenvalue weighted by atomic mass is 16.7. The highest BCUT2D eigenvalue weighted by Crippen LogP contribution is 2.61. The number of ketones is 1. The highest BCUT2D eigenvalue weighted by Gasteiger charge is 2.64. The Morgan fingerprint density at radius 3 is 2.73 bits per heavy atom. The largest absolute Gasteiger partial charge is 0.453 e. The van der Waals surface area contributed by atoms with Gasteiger partial charge in [-0.2, -0.15) is 0 Å². The molecule has 160 valence electrons. The molecular formula is C25H30O5. The molecule has 0 radical (unpaired) electrons. The van der Waals surface area contributed by atoms with Crippen LogP contribution >= 0.6 is 0 Å². The van der Waals surface area contributed by atoms with Crippen LogP contribution in [0.2, 0.25) is 0 Å². The number of carbonyl (C=O) groups excluding carboxylic acids is 1. The van der Waals surface area contributed by atoms with E-state index in [2.05, 4.69) is 13.8 Å². The van der Waals surface area contributed by atoms with Gasteiger partial charge in [-0.05, 0) is 48.6 Å². The fourth-order valence-corrected chi connectivity index (χ4v) is 6.18. The summed E-state index contributed by atoms with van der Waals surface area (Å²) in [6.07, 6.45) is 2.02. The predicted octanol–water partition coefficient (Wildman–Crippen LogP) is 5.18. The van der Waals surface area contributed by atoms with Crippen LogP contribution in [-0.4, -0.2) is 11.6 Å². The maximum atomic E-state index is 13.6. The van der Waals surface area contributed by atoms with Crippen molar-refractivity contribution in [2.24, 2.45) is 29.6 Å². The lowest BCUT2D eigenvalue weighted by Crippen LogP contribution is -2.62. The summed E-state index contributed by atoms with van der Waals surface area (Å²) in [4.78, 5) is 26.7. The van der Waals surface area contributed by atoms with Gasteiger partial charge >= 0.3 is 5.63 Å². The van der Waals surface area contributed by atoms with Crippen LogP contribution in [-0.2, 0) is 9.53 Å². The van der Waals surface area contributed by atoms with Gasteiger partial charge in [0, 0.05) is 12.3 Å². The molecule has 2 fully saturated rings. The van der Waals surface area contributed by atoms with Gasteiger partial charge < -0.3 is 13.9 Å². The summed E-state index contributed by atoms with van der Waals surface area (Å²) in [5, 5.41) is 0.776. The molecule has 0 amide bonds. The molecule has 2 aliphatic heterocycles. The molecule has 1 aliphatic carbocycles. The summed E-state index contributed by atoms with van der Waals surface area (Å²) in [6, 6.07) is 5.63. The topological polar surface area (TPSA) is 65.7 Å². The SMILES string of the molecule is Cc1cccc2oc(=O)c3c(c12)O[C@]1(C(=O)CC(C)C)O[C@@H]3C2[C@@H](CC[C@@H]2C)[C@@H]1C. The van der Waals surface area contributed by atoms with Crippen molar-refractivity contribution in [2.45, 2.75) is 65.8 Å². The van der Waals surface area contributed by atoms with E-state index in [0.29, 0.717) is 29.2 Å². The van der Waals surface area contributed by atoms with E-state index >= 15 is 0 Å². The minimum absolute atomic E-state index is 0.0198. The Morgan fingerprint density at radius 2 is 2.00 bits per heavy atom. The van der Waals surface area contributed by atoms with E-state index in [0.717, 1.165) is 23.8 Å². The average Bonchev–Trinajstić information content (AvgIpc) is 3.07. The normalized spacial score (nSPS) is 34.5. The minimum Gasteiger partial charge on any atom is -0.453 e. The van der Waals surface area contributed by atoms with E-state index in [4.69, 9.17) is 13.9 Å². The first-order chi connectivity index (χ1) is 14.2. The fraction of sp³-hybridized carbons (Fsp3) is 0.600. The summed E-state index contributed by atoms with van der Waals surface area (Å²) in [7, 11) is 0. The summed E-state index contributed by atoms with van der Waals surface area (Å²) < 4.78 is 18.8. The molecular weight excluding hydrogens is 380 g/mol. The Hall–Kier alpha value is -2.14. The predicted molar refractivity (Wildman–Crippen MR) is 113 cm³/mol. The van der Waals surface area contributed by atoms with Gasteiger partial charge in [-0.15, -0.1) is 0 Å². The number of hydrogen-bond acceptors (Lipinski definition) is 5. The van der Waals surface area contributed by atoms with Crippen LogP contribution in [0.1, 0.15) is 64.2 Å². The third-order valence-electron chi connectivity index (χ3n) is 7.65. The van der Waals surface area contributed by atoms with E-state index in [1.54, 1.807) is 6.07 Å². The monoisotopic (exact) mass is 410 g/mol. The van der Waals surface area contributed by atoms with Crippen molar-refractivity contribution >= 4 is 16.8 Å². The second-order valence-electron chi connectivity index (χ2n) is 9.99. The zero-order chi connectivity index (χ0) is 21.4. The molecule has 6 atom stereocenters. The lowest BCUT2D eigenvalue weighted by atomic mass is 9.68. The fourth-order valence-electron chi connectivity index (χ4n) is 6.18. The maximum absolute atomic E-state index is 13.6. The van der Waals surface area contributed by atoms with Crippen molar-refractivity contribution in [3.8, 4) is 5.75 Å². The van der Waals surface area contributed by atoms with Crippen LogP contribution in [0.5, 0.6) is 5.75 Å². The van der Waals surface area contributed by atoms with Crippen molar-refractivity contribution in [1.29, 1.82) is 0 Å². The van der Waals surface area contributed by atoms with Gasteiger partial charge in [0.2, 0.25) is 5.78 Å². The van der Waals surface area contributed by atoms with Crippen LogP contribution in [0, 0.1) is 36.5 Å². The van der Waals surface area contributed by atoms with Gasteiger partial charge in [0.25, 0.3) is 5.79 Å². The number of Topliss-reactive ketones (excluding diaryl/α,β-unsaturated/α-hetero) is 1. The standard InChI is InChI=1S/C25H30O5/c1-12(2)11-18(26)25-15(5)16-10-9-14(4)19(16)22(29-25)21-23(30-25)20-13(3)7-6-8-17(20)28-24(21)27/h6-8,12,14-16,19,22H,9-11H2,1-5H3/t14-,15-,16-,19?,22+,25+/m0/s1. The first-order valence-corrected chi connectivity index (χ1v) is 11.2. The summed E-state index contributed by atoms with van der Waals surface area (Å²) in [5.41, 5.74) is 1.50. The molecule has 5 heteroatoms. The molecule has 1 saturated heterocycles. The Morgan fingerprint density at radius 1 is 1.23 bits per heavy atom. The quantitative estimate of drug-likeness (QED) is 0.653. The van der Waals surface area contributed by atoms with Gasteiger partial charge in [0.05, 0.1) is 5.39 Å². The Balaban J connectivity index is 1.80. The smallest absolute Gasteiger partial charge is 0.345 e. The first kappa shape index (κ1) is 19.8. The highest BCUT2D eigenvalue weighted by molar-refractivity contribution is 5.91. The molecule has 5 nitrogen and oxygen atoms in total. The molecule has 1 saturated carbocycles. The van der Waals surface area contributed by atoms with E-state index in [9.17, 15) is 9.59 Å². The number of rotatable bonds is 3. The molecule has 1 unspecified atom stereocenters.